The van der Waals surface area contributed by atoms with Crippen LogP contribution in [0.1, 0.15) is 32.8 Å². The van der Waals surface area contributed by atoms with E-state index in [0.29, 0.717) is 6.04 Å². The fourth-order valence-corrected chi connectivity index (χ4v) is 3.36. The van der Waals surface area contributed by atoms with E-state index in [-0.39, 0.29) is 4.75 Å². The van der Waals surface area contributed by atoms with Crippen LogP contribution in [-0.4, -0.2) is 31.6 Å². The highest BCUT2D eigenvalue weighted by Crippen LogP contribution is 2.41. The summed E-state index contributed by atoms with van der Waals surface area (Å²) in [5.41, 5.74) is 1.22. The summed E-state index contributed by atoms with van der Waals surface area (Å²) in [5.74, 6) is 1.91. The molecule has 0 saturated carbocycles. The van der Waals surface area contributed by atoms with Crippen molar-refractivity contribution in [3.63, 3.8) is 0 Å². The molecular weight excluding hydrogens is 270 g/mol. The fraction of sp³-hybridized carbons (Fsp3) is 0.625. The van der Waals surface area contributed by atoms with E-state index in [0.717, 1.165) is 29.4 Å². The van der Waals surface area contributed by atoms with Crippen molar-refractivity contribution in [2.24, 2.45) is 0 Å². The van der Waals surface area contributed by atoms with Crippen LogP contribution in [0.5, 0.6) is 11.5 Å². The van der Waals surface area contributed by atoms with Crippen molar-refractivity contribution in [2.45, 2.75) is 49.3 Å². The van der Waals surface area contributed by atoms with Crippen LogP contribution in [0, 0.1) is 0 Å². The van der Waals surface area contributed by atoms with E-state index in [9.17, 15) is 0 Å². The Labute approximate surface area is 126 Å². The molecular formula is C16H25NO2S. The number of ether oxygens (including phenoxy) is 2. The molecule has 0 radical (unpaired) electrons. The molecule has 112 valence electrons. The zero-order valence-corrected chi connectivity index (χ0v) is 13.9. The van der Waals surface area contributed by atoms with E-state index in [1.165, 1.54) is 12.0 Å². The van der Waals surface area contributed by atoms with Gasteiger partial charge in [0.2, 0.25) is 0 Å². The first-order valence-electron chi connectivity index (χ1n) is 7.10. The number of rotatable bonds is 5. The van der Waals surface area contributed by atoms with Gasteiger partial charge < -0.3 is 14.8 Å². The van der Waals surface area contributed by atoms with Gasteiger partial charge >= 0.3 is 0 Å². The minimum absolute atomic E-state index is 0.148. The first-order chi connectivity index (χ1) is 9.43. The fourth-order valence-electron chi connectivity index (χ4n) is 2.29. The molecule has 1 unspecified atom stereocenters. The van der Waals surface area contributed by atoms with E-state index >= 15 is 0 Å². The zero-order chi connectivity index (χ0) is 14.8. The summed E-state index contributed by atoms with van der Waals surface area (Å²) < 4.78 is 11.3. The van der Waals surface area contributed by atoms with Crippen molar-refractivity contribution in [3.8, 4) is 11.5 Å². The highest BCUT2D eigenvalue weighted by molar-refractivity contribution is 8.00. The van der Waals surface area contributed by atoms with E-state index in [2.05, 4.69) is 38.2 Å². The number of nitrogens with one attached hydrogen (secondary N) is 1. The molecule has 1 aromatic carbocycles. The SMILES string of the molecule is COc1cc(SC(C)(C)C)c(OC)cc1CC1CCN1. The van der Waals surface area contributed by atoms with Crippen LogP contribution >= 0.6 is 11.8 Å². The van der Waals surface area contributed by atoms with Crippen LogP contribution in [0.4, 0.5) is 0 Å². The summed E-state index contributed by atoms with van der Waals surface area (Å²) in [6.07, 6.45) is 2.24. The molecule has 4 heteroatoms. The molecule has 1 aliphatic heterocycles. The van der Waals surface area contributed by atoms with E-state index in [4.69, 9.17) is 9.47 Å². The topological polar surface area (TPSA) is 30.5 Å². The maximum atomic E-state index is 5.57. The Balaban J connectivity index is 2.29. The van der Waals surface area contributed by atoms with Gasteiger partial charge in [-0.1, -0.05) is 20.8 Å². The Kier molecular flexibility index (Phi) is 4.86. The molecule has 1 aromatic rings. The Morgan fingerprint density at radius 3 is 2.30 bits per heavy atom. The Morgan fingerprint density at radius 1 is 1.20 bits per heavy atom. The lowest BCUT2D eigenvalue weighted by atomic mass is 9.97. The zero-order valence-electron chi connectivity index (χ0n) is 13.1. The van der Waals surface area contributed by atoms with Crippen molar-refractivity contribution in [1.82, 2.24) is 5.32 Å². The molecule has 0 amide bonds. The van der Waals surface area contributed by atoms with Crippen LogP contribution in [0.15, 0.2) is 17.0 Å². The van der Waals surface area contributed by atoms with Crippen molar-refractivity contribution in [3.05, 3.63) is 17.7 Å². The molecule has 1 heterocycles. The van der Waals surface area contributed by atoms with Gasteiger partial charge in [-0.2, -0.15) is 0 Å². The molecule has 20 heavy (non-hydrogen) atoms. The molecule has 3 nitrogen and oxygen atoms in total. The van der Waals surface area contributed by atoms with E-state index < -0.39 is 0 Å². The van der Waals surface area contributed by atoms with Gasteiger partial charge in [0.05, 0.1) is 19.1 Å². The van der Waals surface area contributed by atoms with Crippen molar-refractivity contribution in [1.29, 1.82) is 0 Å². The monoisotopic (exact) mass is 295 g/mol. The predicted molar refractivity (Wildman–Crippen MR) is 85.3 cm³/mol. The number of thioether (sulfide) groups is 1. The molecule has 0 aromatic heterocycles. The Bertz CT molecular complexity index is 464. The van der Waals surface area contributed by atoms with Crippen molar-refractivity contribution >= 4 is 11.8 Å². The van der Waals surface area contributed by atoms with Crippen molar-refractivity contribution < 1.29 is 9.47 Å². The van der Waals surface area contributed by atoms with E-state index in [1.807, 2.05) is 11.8 Å². The second kappa shape index (κ2) is 6.27. The van der Waals surface area contributed by atoms with Gasteiger partial charge in [-0.05, 0) is 37.1 Å². The van der Waals surface area contributed by atoms with E-state index in [1.54, 1.807) is 14.2 Å². The van der Waals surface area contributed by atoms with Crippen LogP contribution in [0.25, 0.3) is 0 Å². The third kappa shape index (κ3) is 3.83. The second-order valence-electron chi connectivity index (χ2n) is 6.17. The van der Waals surface area contributed by atoms with Crippen LogP contribution in [0.2, 0.25) is 0 Å². The molecule has 1 fully saturated rings. The largest absolute Gasteiger partial charge is 0.496 e. The third-order valence-corrected chi connectivity index (χ3v) is 4.53. The Morgan fingerprint density at radius 2 is 1.85 bits per heavy atom. The predicted octanol–water partition coefficient (Wildman–Crippen LogP) is 3.50. The molecule has 1 aliphatic rings. The summed E-state index contributed by atoms with van der Waals surface area (Å²) in [6.45, 7) is 7.74. The van der Waals surface area contributed by atoms with Crippen LogP contribution in [0.3, 0.4) is 0 Å². The number of hydrogen-bond donors (Lipinski definition) is 1. The summed E-state index contributed by atoms with van der Waals surface area (Å²) in [4.78, 5) is 1.14. The quantitative estimate of drug-likeness (QED) is 0.842. The highest BCUT2D eigenvalue weighted by Gasteiger charge is 2.22. The van der Waals surface area contributed by atoms with Gasteiger partial charge in [0, 0.05) is 10.8 Å². The molecule has 0 aliphatic carbocycles. The van der Waals surface area contributed by atoms with Gasteiger partial charge in [0.25, 0.3) is 0 Å². The lowest BCUT2D eigenvalue weighted by molar-refractivity contribution is 0.354. The second-order valence-corrected chi connectivity index (χ2v) is 8.04. The molecule has 2 rings (SSSR count). The maximum absolute atomic E-state index is 5.57. The first-order valence-corrected chi connectivity index (χ1v) is 7.92. The van der Waals surface area contributed by atoms with Gasteiger partial charge in [-0.15, -0.1) is 11.8 Å². The normalized spacial score (nSPS) is 18.6. The third-order valence-electron chi connectivity index (χ3n) is 3.37. The first kappa shape index (κ1) is 15.5. The molecule has 1 atom stereocenters. The number of hydrogen-bond acceptors (Lipinski definition) is 4. The van der Waals surface area contributed by atoms with Gasteiger partial charge in [0.15, 0.2) is 0 Å². The Hall–Kier alpha value is -0.870. The summed E-state index contributed by atoms with van der Waals surface area (Å²) in [7, 11) is 3.48. The lowest BCUT2D eigenvalue weighted by Crippen LogP contribution is -2.44. The molecule has 1 saturated heterocycles. The molecule has 1 N–H and O–H groups in total. The lowest BCUT2D eigenvalue weighted by Gasteiger charge is -2.28. The minimum Gasteiger partial charge on any atom is -0.496 e. The molecule has 0 spiro atoms. The summed E-state index contributed by atoms with van der Waals surface area (Å²) >= 11 is 1.81. The van der Waals surface area contributed by atoms with Gasteiger partial charge in [-0.25, -0.2) is 0 Å². The standard InChI is InChI=1S/C16H25NO2S/c1-16(2,3)20-15-10-13(18-4)11(9-14(15)19-5)8-12-6-7-17-12/h9-10,12,17H,6-8H2,1-5H3. The highest BCUT2D eigenvalue weighted by atomic mass is 32.2. The smallest absolute Gasteiger partial charge is 0.132 e. The average Bonchev–Trinajstić information content (AvgIpc) is 2.32. The van der Waals surface area contributed by atoms with Crippen LogP contribution < -0.4 is 14.8 Å². The average molecular weight is 295 g/mol. The summed E-state index contributed by atoms with van der Waals surface area (Å²) in [6, 6.07) is 4.82. The van der Waals surface area contributed by atoms with Gasteiger partial charge in [0.1, 0.15) is 11.5 Å². The summed E-state index contributed by atoms with van der Waals surface area (Å²) in [5, 5.41) is 3.43. The van der Waals surface area contributed by atoms with Crippen molar-refractivity contribution in [2.75, 3.05) is 20.8 Å². The minimum atomic E-state index is 0.148. The van der Waals surface area contributed by atoms with Crippen LogP contribution in [-0.2, 0) is 6.42 Å². The maximum Gasteiger partial charge on any atom is 0.132 e. The number of methoxy groups -OCH3 is 2. The number of benzene rings is 1. The van der Waals surface area contributed by atoms with Gasteiger partial charge in [-0.3, -0.25) is 0 Å². The molecule has 0 bridgehead atoms.